The normalized spacial score (nSPS) is 11.1. The average molecular weight is 446 g/mol. The first-order valence-corrected chi connectivity index (χ1v) is 10.8. The predicted molar refractivity (Wildman–Crippen MR) is 114 cm³/mol. The van der Waals surface area contributed by atoms with Gasteiger partial charge in [-0.2, -0.15) is 0 Å². The van der Waals surface area contributed by atoms with Gasteiger partial charge in [0.25, 0.3) is 10.0 Å². The van der Waals surface area contributed by atoms with Gasteiger partial charge in [-0.3, -0.25) is 9.10 Å². The highest BCUT2D eigenvalue weighted by atomic mass is 32.2. The van der Waals surface area contributed by atoms with Gasteiger partial charge in [0, 0.05) is 11.8 Å². The van der Waals surface area contributed by atoms with Crippen molar-refractivity contribution in [3.8, 4) is 5.75 Å². The molecule has 6 nitrogen and oxygen atoms in total. The summed E-state index contributed by atoms with van der Waals surface area (Å²) < 4.78 is 59.2. The Kier molecular flexibility index (Phi) is 6.86. The molecule has 0 saturated carbocycles. The lowest BCUT2D eigenvalue weighted by Gasteiger charge is -2.24. The van der Waals surface area contributed by atoms with Gasteiger partial charge in [0.15, 0.2) is 0 Å². The van der Waals surface area contributed by atoms with E-state index in [4.69, 9.17) is 4.74 Å². The number of carbonyl (C=O) groups excluding carboxylic acids is 1. The Labute approximate surface area is 179 Å². The summed E-state index contributed by atoms with van der Waals surface area (Å²) in [5, 5.41) is 2.63. The summed E-state index contributed by atoms with van der Waals surface area (Å²) in [5.74, 6) is -1.22. The van der Waals surface area contributed by atoms with E-state index in [0.717, 1.165) is 40.7 Å². The third kappa shape index (κ3) is 5.58. The number of sulfonamides is 1. The highest BCUT2D eigenvalue weighted by molar-refractivity contribution is 7.92. The van der Waals surface area contributed by atoms with Crippen LogP contribution in [0.15, 0.2) is 77.7 Å². The van der Waals surface area contributed by atoms with Crippen molar-refractivity contribution in [2.45, 2.75) is 11.8 Å². The van der Waals surface area contributed by atoms with Crippen LogP contribution >= 0.6 is 0 Å². The first-order chi connectivity index (χ1) is 14.8. The van der Waals surface area contributed by atoms with Crippen LogP contribution in [0.2, 0.25) is 0 Å². The Hall–Kier alpha value is -3.46. The number of hydrogen-bond acceptors (Lipinski definition) is 4. The molecule has 0 unspecified atom stereocenters. The zero-order chi connectivity index (χ0) is 22.4. The minimum atomic E-state index is -4.23. The molecule has 0 spiro atoms. The van der Waals surface area contributed by atoms with Gasteiger partial charge in [0.2, 0.25) is 5.91 Å². The number of nitrogens with zero attached hydrogens (tertiary/aromatic N) is 1. The summed E-state index contributed by atoms with van der Waals surface area (Å²) in [6.45, 7) is 1.70. The van der Waals surface area contributed by atoms with Crippen LogP contribution in [-0.4, -0.2) is 27.5 Å². The molecule has 3 rings (SSSR count). The van der Waals surface area contributed by atoms with Gasteiger partial charge in [-0.1, -0.05) is 6.07 Å². The van der Waals surface area contributed by atoms with Gasteiger partial charge in [0.05, 0.1) is 17.2 Å². The molecule has 162 valence electrons. The molecule has 0 aliphatic rings. The van der Waals surface area contributed by atoms with Crippen LogP contribution in [0.25, 0.3) is 0 Å². The smallest absolute Gasteiger partial charge is 0.264 e. The van der Waals surface area contributed by atoms with E-state index >= 15 is 0 Å². The fourth-order valence-corrected chi connectivity index (χ4v) is 4.24. The van der Waals surface area contributed by atoms with E-state index in [1.54, 1.807) is 24.3 Å². The van der Waals surface area contributed by atoms with Crippen molar-refractivity contribution >= 4 is 27.3 Å². The van der Waals surface area contributed by atoms with E-state index in [0.29, 0.717) is 18.0 Å². The fourth-order valence-electron chi connectivity index (χ4n) is 2.82. The lowest BCUT2D eigenvalue weighted by molar-refractivity contribution is -0.114. The van der Waals surface area contributed by atoms with Gasteiger partial charge < -0.3 is 10.1 Å². The molecule has 0 fully saturated rings. The summed E-state index contributed by atoms with van der Waals surface area (Å²) in [4.78, 5) is 12.5. The fraction of sp³-hybridized carbons (Fsp3) is 0.136. The summed E-state index contributed by atoms with van der Waals surface area (Å²) >= 11 is 0. The molecule has 31 heavy (non-hydrogen) atoms. The van der Waals surface area contributed by atoms with Crippen molar-refractivity contribution < 1.29 is 26.7 Å². The molecular formula is C22H20F2N2O4S. The van der Waals surface area contributed by atoms with Crippen LogP contribution in [-0.2, 0) is 14.8 Å². The molecule has 1 amide bonds. The third-order valence-corrected chi connectivity index (χ3v) is 6.02. The lowest BCUT2D eigenvalue weighted by atomic mass is 10.3. The molecule has 0 heterocycles. The second-order valence-electron chi connectivity index (χ2n) is 6.45. The van der Waals surface area contributed by atoms with E-state index in [2.05, 4.69) is 5.32 Å². The van der Waals surface area contributed by atoms with Crippen molar-refractivity contribution in [2.75, 3.05) is 22.8 Å². The molecule has 0 aliphatic carbocycles. The van der Waals surface area contributed by atoms with Crippen molar-refractivity contribution in [1.29, 1.82) is 0 Å². The minimum Gasteiger partial charge on any atom is -0.494 e. The first kappa shape index (κ1) is 22.2. The Morgan fingerprint density at radius 1 is 0.968 bits per heavy atom. The molecule has 0 radical (unpaired) electrons. The second-order valence-corrected chi connectivity index (χ2v) is 8.31. The predicted octanol–water partition coefficient (Wildman–Crippen LogP) is 4.20. The molecule has 0 bridgehead atoms. The summed E-state index contributed by atoms with van der Waals surface area (Å²) in [7, 11) is -4.23. The molecule has 0 aromatic heterocycles. The third-order valence-electron chi connectivity index (χ3n) is 4.23. The number of nitrogens with one attached hydrogen (secondary N) is 1. The Morgan fingerprint density at radius 2 is 1.58 bits per heavy atom. The number of halogens is 2. The van der Waals surface area contributed by atoms with Crippen LogP contribution in [0.1, 0.15) is 6.92 Å². The van der Waals surface area contributed by atoms with Gasteiger partial charge in [0.1, 0.15) is 23.9 Å². The summed E-state index contributed by atoms with van der Waals surface area (Å²) in [6.07, 6.45) is 0. The maximum Gasteiger partial charge on any atom is 0.264 e. The van der Waals surface area contributed by atoms with Crippen LogP contribution in [0, 0.1) is 11.6 Å². The number of benzene rings is 3. The molecule has 1 N–H and O–H groups in total. The SMILES string of the molecule is CCOc1cccc(NC(=O)CN(c2ccc(F)cc2)S(=O)(=O)c2ccc(F)cc2)c1. The number of hydrogen-bond donors (Lipinski definition) is 1. The monoisotopic (exact) mass is 446 g/mol. The molecule has 0 saturated heterocycles. The molecule has 9 heteroatoms. The topological polar surface area (TPSA) is 75.7 Å². The zero-order valence-corrected chi connectivity index (χ0v) is 17.4. The zero-order valence-electron chi connectivity index (χ0n) is 16.6. The van der Waals surface area contributed by atoms with E-state index < -0.39 is 34.1 Å². The first-order valence-electron chi connectivity index (χ1n) is 9.36. The standard InChI is InChI=1S/C22H20F2N2O4S/c1-2-30-20-5-3-4-18(14-20)25-22(27)15-26(19-10-6-16(23)7-11-19)31(28,29)21-12-8-17(24)9-13-21/h3-14H,2,15H2,1H3,(H,25,27). The van der Waals surface area contributed by atoms with Crippen molar-refractivity contribution in [1.82, 2.24) is 0 Å². The lowest BCUT2D eigenvalue weighted by Crippen LogP contribution is -2.38. The molecule has 3 aromatic rings. The van der Waals surface area contributed by atoms with Crippen LogP contribution < -0.4 is 14.4 Å². The van der Waals surface area contributed by atoms with Gasteiger partial charge in [-0.25, -0.2) is 17.2 Å². The second kappa shape index (κ2) is 9.57. The van der Waals surface area contributed by atoms with E-state index in [9.17, 15) is 22.0 Å². The van der Waals surface area contributed by atoms with Gasteiger partial charge in [-0.15, -0.1) is 0 Å². The largest absolute Gasteiger partial charge is 0.494 e. The number of amides is 1. The van der Waals surface area contributed by atoms with Crippen molar-refractivity contribution in [2.24, 2.45) is 0 Å². The van der Waals surface area contributed by atoms with Gasteiger partial charge in [-0.05, 0) is 67.6 Å². The minimum absolute atomic E-state index is 0.0870. The van der Waals surface area contributed by atoms with Crippen LogP contribution in [0.3, 0.4) is 0 Å². The van der Waals surface area contributed by atoms with Crippen molar-refractivity contribution in [3.63, 3.8) is 0 Å². The molecule has 3 aromatic carbocycles. The maximum absolute atomic E-state index is 13.4. The highest BCUT2D eigenvalue weighted by Gasteiger charge is 2.27. The summed E-state index contributed by atoms with van der Waals surface area (Å²) in [5.41, 5.74) is 0.512. The number of carbonyl (C=O) groups is 1. The quantitative estimate of drug-likeness (QED) is 0.563. The Balaban J connectivity index is 1.90. The average Bonchev–Trinajstić information content (AvgIpc) is 2.73. The Bertz CT molecular complexity index is 1150. The highest BCUT2D eigenvalue weighted by Crippen LogP contribution is 2.25. The Morgan fingerprint density at radius 3 is 2.19 bits per heavy atom. The number of ether oxygens (including phenoxy) is 1. The molecule has 0 atom stereocenters. The van der Waals surface area contributed by atoms with Gasteiger partial charge >= 0.3 is 0 Å². The van der Waals surface area contributed by atoms with E-state index in [-0.39, 0.29) is 10.6 Å². The van der Waals surface area contributed by atoms with Crippen molar-refractivity contribution in [3.05, 3.63) is 84.4 Å². The van der Waals surface area contributed by atoms with Crippen LogP contribution in [0.4, 0.5) is 20.2 Å². The number of anilines is 2. The van der Waals surface area contributed by atoms with E-state index in [1.165, 1.54) is 12.1 Å². The van der Waals surface area contributed by atoms with E-state index in [1.807, 2.05) is 6.92 Å². The maximum atomic E-state index is 13.4. The number of rotatable bonds is 8. The molecular weight excluding hydrogens is 426 g/mol. The molecule has 0 aliphatic heterocycles. The summed E-state index contributed by atoms with van der Waals surface area (Å²) in [6, 6.07) is 15.6. The van der Waals surface area contributed by atoms with Crippen LogP contribution in [0.5, 0.6) is 5.75 Å².